The van der Waals surface area contributed by atoms with Crippen LogP contribution in [0.3, 0.4) is 0 Å². The Morgan fingerprint density at radius 1 is 1.25 bits per heavy atom. The standard InChI is InChI=1S/C14H19ClN4O/c1-10-16-13(15)12(9-20)14(17-10)19-7-6-18-5-3-2-4-11(18)8-19/h9,11H,2-8H2,1H3. The summed E-state index contributed by atoms with van der Waals surface area (Å²) in [7, 11) is 0. The second-order valence-corrected chi connectivity index (χ2v) is 5.91. The molecule has 1 aromatic heterocycles. The van der Waals surface area contributed by atoms with E-state index in [1.165, 1.54) is 25.8 Å². The van der Waals surface area contributed by atoms with E-state index < -0.39 is 0 Å². The molecule has 3 heterocycles. The van der Waals surface area contributed by atoms with Gasteiger partial charge in [-0.05, 0) is 26.3 Å². The number of halogens is 1. The van der Waals surface area contributed by atoms with Gasteiger partial charge in [0.2, 0.25) is 0 Å². The van der Waals surface area contributed by atoms with Crippen molar-refractivity contribution in [1.29, 1.82) is 0 Å². The fraction of sp³-hybridized carbons (Fsp3) is 0.643. The normalized spacial score (nSPS) is 23.5. The summed E-state index contributed by atoms with van der Waals surface area (Å²) in [5.74, 6) is 1.31. The molecule has 2 saturated heterocycles. The number of rotatable bonds is 2. The zero-order chi connectivity index (χ0) is 14.1. The average molecular weight is 295 g/mol. The lowest BCUT2D eigenvalue weighted by Gasteiger charge is -2.44. The molecule has 0 amide bonds. The Morgan fingerprint density at radius 2 is 2.10 bits per heavy atom. The molecule has 0 aliphatic carbocycles. The lowest BCUT2D eigenvalue weighted by atomic mass is 9.99. The second kappa shape index (κ2) is 5.66. The maximum absolute atomic E-state index is 11.3. The van der Waals surface area contributed by atoms with Crippen molar-refractivity contribution in [3.63, 3.8) is 0 Å². The first-order valence-electron chi connectivity index (χ1n) is 7.17. The van der Waals surface area contributed by atoms with Gasteiger partial charge in [0.1, 0.15) is 16.8 Å². The van der Waals surface area contributed by atoms with Crippen LogP contribution in [0.5, 0.6) is 0 Å². The molecule has 1 aromatic rings. The molecule has 0 radical (unpaired) electrons. The van der Waals surface area contributed by atoms with Crippen molar-refractivity contribution in [2.45, 2.75) is 32.2 Å². The van der Waals surface area contributed by atoms with Crippen LogP contribution in [0.25, 0.3) is 0 Å². The highest BCUT2D eigenvalue weighted by atomic mass is 35.5. The number of carbonyl (C=O) groups is 1. The summed E-state index contributed by atoms with van der Waals surface area (Å²) >= 11 is 6.07. The van der Waals surface area contributed by atoms with Crippen molar-refractivity contribution in [3.8, 4) is 0 Å². The van der Waals surface area contributed by atoms with Gasteiger partial charge in [-0.2, -0.15) is 0 Å². The van der Waals surface area contributed by atoms with Gasteiger partial charge < -0.3 is 4.90 Å². The molecule has 0 spiro atoms. The van der Waals surface area contributed by atoms with Gasteiger partial charge >= 0.3 is 0 Å². The fourth-order valence-corrected chi connectivity index (χ4v) is 3.48. The van der Waals surface area contributed by atoms with Gasteiger partial charge in [-0.25, -0.2) is 9.97 Å². The molecule has 0 saturated carbocycles. The van der Waals surface area contributed by atoms with E-state index >= 15 is 0 Å². The maximum atomic E-state index is 11.3. The predicted octanol–water partition coefficient (Wildman–Crippen LogP) is 1.93. The number of anilines is 1. The molecular formula is C14H19ClN4O. The minimum Gasteiger partial charge on any atom is -0.353 e. The Balaban J connectivity index is 1.88. The third-order valence-corrected chi connectivity index (χ3v) is 4.53. The van der Waals surface area contributed by atoms with Gasteiger partial charge in [0, 0.05) is 25.7 Å². The summed E-state index contributed by atoms with van der Waals surface area (Å²) in [4.78, 5) is 24.5. The predicted molar refractivity (Wildman–Crippen MR) is 78.6 cm³/mol. The molecule has 0 bridgehead atoms. The summed E-state index contributed by atoms with van der Waals surface area (Å²) in [5, 5.41) is 0.258. The van der Waals surface area contributed by atoms with Gasteiger partial charge in [-0.1, -0.05) is 18.0 Å². The monoisotopic (exact) mass is 294 g/mol. The molecular weight excluding hydrogens is 276 g/mol. The van der Waals surface area contributed by atoms with Crippen molar-refractivity contribution >= 4 is 23.7 Å². The molecule has 1 atom stereocenters. The van der Waals surface area contributed by atoms with Gasteiger partial charge in [-0.3, -0.25) is 9.69 Å². The quantitative estimate of drug-likeness (QED) is 0.616. The summed E-state index contributed by atoms with van der Waals surface area (Å²) in [6.45, 7) is 5.85. The maximum Gasteiger partial charge on any atom is 0.156 e. The van der Waals surface area contributed by atoms with Crippen molar-refractivity contribution in [2.75, 3.05) is 31.1 Å². The third-order valence-electron chi connectivity index (χ3n) is 4.25. The molecule has 20 heavy (non-hydrogen) atoms. The molecule has 6 heteroatoms. The smallest absolute Gasteiger partial charge is 0.156 e. The molecule has 1 unspecified atom stereocenters. The molecule has 108 valence electrons. The molecule has 2 aliphatic heterocycles. The van der Waals surface area contributed by atoms with Gasteiger partial charge in [-0.15, -0.1) is 0 Å². The minimum atomic E-state index is 0.258. The Kier molecular flexibility index (Phi) is 3.89. The molecule has 2 aliphatic rings. The Hall–Kier alpha value is -1.20. The zero-order valence-corrected chi connectivity index (χ0v) is 12.4. The highest BCUT2D eigenvalue weighted by Gasteiger charge is 2.30. The number of aryl methyl sites for hydroxylation is 1. The molecule has 0 aromatic carbocycles. The van der Waals surface area contributed by atoms with E-state index in [0.717, 1.165) is 25.9 Å². The third kappa shape index (κ3) is 2.52. The van der Waals surface area contributed by atoms with Crippen LogP contribution in [-0.4, -0.2) is 53.4 Å². The molecule has 3 rings (SSSR count). The van der Waals surface area contributed by atoms with Crippen LogP contribution in [0.2, 0.25) is 5.15 Å². The molecule has 2 fully saturated rings. The van der Waals surface area contributed by atoms with Crippen molar-refractivity contribution in [1.82, 2.24) is 14.9 Å². The summed E-state index contributed by atoms with van der Waals surface area (Å²) < 4.78 is 0. The average Bonchev–Trinajstić information content (AvgIpc) is 2.46. The van der Waals surface area contributed by atoms with Gasteiger partial charge in [0.15, 0.2) is 6.29 Å². The second-order valence-electron chi connectivity index (χ2n) is 5.55. The number of nitrogens with zero attached hydrogens (tertiary/aromatic N) is 4. The number of piperidine rings is 1. The lowest BCUT2D eigenvalue weighted by molar-refractivity contribution is 0.112. The Bertz CT molecular complexity index is 522. The molecule has 0 N–H and O–H groups in total. The Morgan fingerprint density at radius 3 is 2.90 bits per heavy atom. The van der Waals surface area contributed by atoms with Crippen LogP contribution in [0, 0.1) is 6.92 Å². The van der Waals surface area contributed by atoms with Gasteiger partial charge in [0.05, 0.1) is 5.56 Å². The van der Waals surface area contributed by atoms with Crippen molar-refractivity contribution < 1.29 is 4.79 Å². The summed E-state index contributed by atoms with van der Waals surface area (Å²) in [5.41, 5.74) is 0.418. The number of aromatic nitrogens is 2. The van der Waals surface area contributed by atoms with Gasteiger partial charge in [0.25, 0.3) is 0 Å². The van der Waals surface area contributed by atoms with Crippen LogP contribution in [0.1, 0.15) is 35.4 Å². The lowest BCUT2D eigenvalue weighted by Crippen LogP contribution is -2.55. The van der Waals surface area contributed by atoms with Crippen molar-refractivity contribution in [3.05, 3.63) is 16.5 Å². The summed E-state index contributed by atoms with van der Waals surface area (Å²) in [6.07, 6.45) is 4.59. The molecule has 5 nitrogen and oxygen atoms in total. The van der Waals surface area contributed by atoms with E-state index in [0.29, 0.717) is 23.2 Å². The Labute approximate surface area is 123 Å². The van der Waals surface area contributed by atoms with Crippen molar-refractivity contribution in [2.24, 2.45) is 0 Å². The largest absolute Gasteiger partial charge is 0.353 e. The van der Waals surface area contributed by atoms with E-state index in [9.17, 15) is 4.79 Å². The number of hydrogen-bond donors (Lipinski definition) is 0. The van der Waals surface area contributed by atoms with E-state index in [4.69, 9.17) is 11.6 Å². The number of aldehydes is 1. The van der Waals surface area contributed by atoms with E-state index in [2.05, 4.69) is 19.8 Å². The highest BCUT2D eigenvalue weighted by Crippen LogP contribution is 2.27. The minimum absolute atomic E-state index is 0.258. The first kappa shape index (κ1) is 13.8. The van der Waals surface area contributed by atoms with Crippen LogP contribution >= 0.6 is 11.6 Å². The van der Waals surface area contributed by atoms with Crippen LogP contribution in [0.15, 0.2) is 0 Å². The summed E-state index contributed by atoms with van der Waals surface area (Å²) in [6, 6.07) is 0.575. The van der Waals surface area contributed by atoms with E-state index in [1.807, 2.05) is 0 Å². The number of carbonyl (C=O) groups excluding carboxylic acids is 1. The first-order chi connectivity index (χ1) is 9.69. The van der Waals surface area contributed by atoms with E-state index in [-0.39, 0.29) is 5.15 Å². The SMILES string of the molecule is Cc1nc(Cl)c(C=O)c(N2CCN3CCCCC3C2)n1. The highest BCUT2D eigenvalue weighted by molar-refractivity contribution is 6.32. The topological polar surface area (TPSA) is 49.3 Å². The zero-order valence-electron chi connectivity index (χ0n) is 11.7. The number of piperazine rings is 1. The van der Waals surface area contributed by atoms with Crippen LogP contribution in [0.4, 0.5) is 5.82 Å². The van der Waals surface area contributed by atoms with Crippen LogP contribution < -0.4 is 4.90 Å². The van der Waals surface area contributed by atoms with E-state index in [1.54, 1.807) is 6.92 Å². The number of fused-ring (bicyclic) bond motifs is 1. The van der Waals surface area contributed by atoms with Crippen LogP contribution in [-0.2, 0) is 0 Å². The first-order valence-corrected chi connectivity index (χ1v) is 7.55. The number of hydrogen-bond acceptors (Lipinski definition) is 5. The fourth-order valence-electron chi connectivity index (χ4n) is 3.22.